The Bertz CT molecular complexity index is 569. The van der Waals surface area contributed by atoms with E-state index in [4.69, 9.17) is 4.74 Å². The number of rotatable bonds is 7. The lowest BCUT2D eigenvalue weighted by molar-refractivity contribution is 0.291. The van der Waals surface area contributed by atoms with E-state index in [1.165, 1.54) is 0 Å². The van der Waals surface area contributed by atoms with Gasteiger partial charge in [-0.05, 0) is 26.7 Å². The zero-order valence-electron chi connectivity index (χ0n) is 13.1. The number of aryl methyl sites for hydroxylation is 1. The van der Waals surface area contributed by atoms with Crippen LogP contribution >= 0.6 is 0 Å². The number of nitrogens with zero attached hydrogens (tertiary/aromatic N) is 5. The van der Waals surface area contributed by atoms with Crippen LogP contribution in [-0.4, -0.2) is 37.7 Å². The first-order chi connectivity index (χ1) is 10.2. The van der Waals surface area contributed by atoms with E-state index in [0.29, 0.717) is 24.5 Å². The van der Waals surface area contributed by atoms with Crippen molar-refractivity contribution < 1.29 is 4.74 Å². The van der Waals surface area contributed by atoms with Crippen LogP contribution in [0.3, 0.4) is 0 Å². The number of anilines is 1. The smallest absolute Gasteiger partial charge is 0.323 e. The molecule has 0 atom stereocenters. The van der Waals surface area contributed by atoms with Crippen LogP contribution in [0, 0.1) is 13.8 Å². The standard InChI is InChI=1S/C14H22N6O/c1-5-7-15-12-17-13(19-14(18-12)21-8-6-2)20-9-16-10(3)11(20)4/h9H,5-8H2,1-4H3,(H,15,17,18,19). The van der Waals surface area contributed by atoms with Crippen molar-refractivity contribution in [2.45, 2.75) is 40.5 Å². The van der Waals surface area contributed by atoms with E-state index in [2.05, 4.69) is 32.2 Å². The van der Waals surface area contributed by atoms with Gasteiger partial charge in [-0.15, -0.1) is 0 Å². The molecule has 114 valence electrons. The second-order valence-electron chi connectivity index (χ2n) is 4.80. The van der Waals surface area contributed by atoms with E-state index in [-0.39, 0.29) is 0 Å². The van der Waals surface area contributed by atoms with Gasteiger partial charge in [0, 0.05) is 12.2 Å². The van der Waals surface area contributed by atoms with E-state index in [1.807, 2.05) is 25.3 Å². The number of ether oxygens (including phenoxy) is 1. The molecule has 0 fully saturated rings. The second kappa shape index (κ2) is 7.01. The normalized spacial score (nSPS) is 10.7. The third kappa shape index (κ3) is 3.68. The summed E-state index contributed by atoms with van der Waals surface area (Å²) < 4.78 is 7.39. The number of imidazole rings is 1. The topological polar surface area (TPSA) is 77.8 Å². The van der Waals surface area contributed by atoms with Crippen molar-refractivity contribution in [3.05, 3.63) is 17.7 Å². The highest BCUT2D eigenvalue weighted by Crippen LogP contribution is 2.14. The maximum absolute atomic E-state index is 5.55. The molecule has 2 aromatic heterocycles. The molecular weight excluding hydrogens is 268 g/mol. The first-order valence-corrected chi connectivity index (χ1v) is 7.29. The van der Waals surface area contributed by atoms with Gasteiger partial charge >= 0.3 is 6.01 Å². The minimum atomic E-state index is 0.339. The first-order valence-electron chi connectivity index (χ1n) is 7.29. The fourth-order valence-electron chi connectivity index (χ4n) is 1.73. The van der Waals surface area contributed by atoms with Crippen LogP contribution in [-0.2, 0) is 0 Å². The van der Waals surface area contributed by atoms with Crippen molar-refractivity contribution in [2.75, 3.05) is 18.5 Å². The minimum Gasteiger partial charge on any atom is -0.463 e. The summed E-state index contributed by atoms with van der Waals surface area (Å²) in [7, 11) is 0. The lowest BCUT2D eigenvalue weighted by Crippen LogP contribution is -2.12. The summed E-state index contributed by atoms with van der Waals surface area (Å²) in [4.78, 5) is 17.4. The van der Waals surface area contributed by atoms with Crippen molar-refractivity contribution >= 4 is 5.95 Å². The molecule has 0 aliphatic rings. The van der Waals surface area contributed by atoms with Gasteiger partial charge in [0.25, 0.3) is 0 Å². The van der Waals surface area contributed by atoms with Crippen LogP contribution in [0.15, 0.2) is 6.33 Å². The molecular formula is C14H22N6O. The molecule has 1 N–H and O–H groups in total. The van der Waals surface area contributed by atoms with Gasteiger partial charge in [-0.3, -0.25) is 4.57 Å². The largest absolute Gasteiger partial charge is 0.463 e. The predicted octanol–water partition coefficient (Wildman–Crippen LogP) is 2.28. The van der Waals surface area contributed by atoms with Crippen molar-refractivity contribution in [1.82, 2.24) is 24.5 Å². The molecule has 21 heavy (non-hydrogen) atoms. The highest BCUT2D eigenvalue weighted by atomic mass is 16.5. The lowest BCUT2D eigenvalue weighted by Gasteiger charge is -2.10. The van der Waals surface area contributed by atoms with Crippen LogP contribution in [0.4, 0.5) is 5.95 Å². The monoisotopic (exact) mass is 290 g/mol. The number of aromatic nitrogens is 5. The Balaban J connectivity index is 2.36. The highest BCUT2D eigenvalue weighted by Gasteiger charge is 2.12. The maximum Gasteiger partial charge on any atom is 0.323 e. The van der Waals surface area contributed by atoms with Crippen LogP contribution < -0.4 is 10.1 Å². The van der Waals surface area contributed by atoms with Gasteiger partial charge in [0.2, 0.25) is 11.9 Å². The Morgan fingerprint density at radius 3 is 2.57 bits per heavy atom. The summed E-state index contributed by atoms with van der Waals surface area (Å²) >= 11 is 0. The fourth-order valence-corrected chi connectivity index (χ4v) is 1.73. The summed E-state index contributed by atoms with van der Waals surface area (Å²) in [6.07, 6.45) is 3.62. The molecule has 7 nitrogen and oxygen atoms in total. The van der Waals surface area contributed by atoms with Crippen LogP contribution in [0.25, 0.3) is 5.95 Å². The van der Waals surface area contributed by atoms with E-state index in [0.717, 1.165) is 30.8 Å². The third-order valence-corrected chi connectivity index (χ3v) is 3.04. The van der Waals surface area contributed by atoms with Crippen molar-refractivity contribution in [1.29, 1.82) is 0 Å². The molecule has 0 aliphatic carbocycles. The molecule has 0 radical (unpaired) electrons. The number of hydrogen-bond donors (Lipinski definition) is 1. The summed E-state index contributed by atoms with van der Waals surface area (Å²) in [5.41, 5.74) is 1.96. The Kier molecular flexibility index (Phi) is 5.08. The molecule has 7 heteroatoms. The number of nitrogens with one attached hydrogen (secondary N) is 1. The SMILES string of the molecule is CCCNc1nc(OCCC)nc(-n2cnc(C)c2C)n1. The average Bonchev–Trinajstić information content (AvgIpc) is 2.82. The van der Waals surface area contributed by atoms with Crippen LogP contribution in [0.2, 0.25) is 0 Å². The van der Waals surface area contributed by atoms with E-state index >= 15 is 0 Å². The lowest BCUT2D eigenvalue weighted by atomic mass is 10.4. The van der Waals surface area contributed by atoms with E-state index in [1.54, 1.807) is 6.33 Å². The molecule has 2 heterocycles. The van der Waals surface area contributed by atoms with Crippen molar-refractivity contribution in [3.8, 4) is 12.0 Å². The van der Waals surface area contributed by atoms with Gasteiger partial charge < -0.3 is 10.1 Å². The highest BCUT2D eigenvalue weighted by molar-refractivity contribution is 5.32. The minimum absolute atomic E-state index is 0.339. The molecule has 0 saturated heterocycles. The summed E-state index contributed by atoms with van der Waals surface area (Å²) in [6.45, 7) is 9.46. The molecule has 0 saturated carbocycles. The molecule has 0 bridgehead atoms. The summed E-state index contributed by atoms with van der Waals surface area (Å²) in [5.74, 6) is 1.05. The van der Waals surface area contributed by atoms with Crippen molar-refractivity contribution in [3.63, 3.8) is 0 Å². The van der Waals surface area contributed by atoms with E-state index < -0.39 is 0 Å². The summed E-state index contributed by atoms with van der Waals surface area (Å²) in [6, 6.07) is 0.339. The van der Waals surface area contributed by atoms with Gasteiger partial charge in [-0.25, -0.2) is 4.98 Å². The zero-order chi connectivity index (χ0) is 15.2. The van der Waals surface area contributed by atoms with Gasteiger partial charge in [-0.1, -0.05) is 13.8 Å². The summed E-state index contributed by atoms with van der Waals surface area (Å²) in [5, 5.41) is 3.17. The molecule has 0 unspecified atom stereocenters. The van der Waals surface area contributed by atoms with Gasteiger partial charge in [0.05, 0.1) is 12.3 Å². The third-order valence-electron chi connectivity index (χ3n) is 3.04. The van der Waals surface area contributed by atoms with Gasteiger partial charge in [0.1, 0.15) is 6.33 Å². The molecule has 0 aromatic carbocycles. The van der Waals surface area contributed by atoms with Gasteiger partial charge in [-0.2, -0.15) is 15.0 Å². The Hall–Kier alpha value is -2.18. The predicted molar refractivity (Wildman–Crippen MR) is 81.0 cm³/mol. The van der Waals surface area contributed by atoms with Crippen LogP contribution in [0.5, 0.6) is 6.01 Å². The van der Waals surface area contributed by atoms with Gasteiger partial charge in [0.15, 0.2) is 0 Å². The second-order valence-corrected chi connectivity index (χ2v) is 4.80. The average molecular weight is 290 g/mol. The quantitative estimate of drug-likeness (QED) is 0.843. The van der Waals surface area contributed by atoms with E-state index in [9.17, 15) is 0 Å². The molecule has 2 aromatic rings. The Morgan fingerprint density at radius 1 is 1.14 bits per heavy atom. The Labute approximate surface area is 124 Å². The zero-order valence-corrected chi connectivity index (χ0v) is 13.1. The molecule has 0 aliphatic heterocycles. The maximum atomic E-state index is 5.55. The molecule has 0 spiro atoms. The molecule has 2 rings (SSSR count). The van der Waals surface area contributed by atoms with Crippen LogP contribution in [0.1, 0.15) is 38.1 Å². The first kappa shape index (κ1) is 15.2. The number of hydrogen-bond acceptors (Lipinski definition) is 6. The Morgan fingerprint density at radius 2 is 1.95 bits per heavy atom. The van der Waals surface area contributed by atoms with Crippen molar-refractivity contribution in [2.24, 2.45) is 0 Å². The molecule has 0 amide bonds. The fraction of sp³-hybridized carbons (Fsp3) is 0.571.